The molecule has 0 aromatic heterocycles. The Labute approximate surface area is 102 Å². The summed E-state index contributed by atoms with van der Waals surface area (Å²) in [5.41, 5.74) is -1.08. The lowest BCUT2D eigenvalue weighted by molar-refractivity contribution is -0.137. The van der Waals surface area contributed by atoms with Crippen LogP contribution in [0, 0.1) is 0 Å². The van der Waals surface area contributed by atoms with Crippen molar-refractivity contribution in [3.63, 3.8) is 0 Å². The summed E-state index contributed by atoms with van der Waals surface area (Å²) in [5.74, 6) is -0.829. The minimum Gasteiger partial charge on any atom is -0.394 e. The number of aliphatic hydroxyl groups is 2. The Kier molecular flexibility index (Phi) is 4.36. The molecule has 0 fully saturated rings. The summed E-state index contributed by atoms with van der Waals surface area (Å²) in [4.78, 5) is -0.537. The smallest absolute Gasteiger partial charge is 0.394 e. The fraction of sp³-hybridized carbons (Fsp3) is 0.400. The summed E-state index contributed by atoms with van der Waals surface area (Å²) in [6.45, 7) is -0.780. The number of halogens is 3. The molecule has 2 N–H and O–H groups in total. The second-order valence-corrected chi connectivity index (χ2v) is 5.68. The van der Waals surface area contributed by atoms with Gasteiger partial charge in [0.05, 0.1) is 28.9 Å². The second kappa shape index (κ2) is 5.25. The van der Waals surface area contributed by atoms with Crippen molar-refractivity contribution in [1.82, 2.24) is 0 Å². The summed E-state index contributed by atoms with van der Waals surface area (Å²) in [5, 5.41) is 17.6. The van der Waals surface area contributed by atoms with Crippen LogP contribution in [-0.4, -0.2) is 37.1 Å². The SMILES string of the molecule is O=S(=O)(C[C@H](O)CO)c1cccc(C(F)(F)F)c1. The van der Waals surface area contributed by atoms with Crippen LogP contribution in [0.4, 0.5) is 13.2 Å². The maximum Gasteiger partial charge on any atom is 0.416 e. The molecule has 102 valence electrons. The molecule has 0 aliphatic heterocycles. The first kappa shape index (κ1) is 14.9. The Bertz CT molecular complexity index is 510. The van der Waals surface area contributed by atoms with Crippen LogP contribution < -0.4 is 0 Å². The van der Waals surface area contributed by atoms with E-state index in [9.17, 15) is 21.6 Å². The van der Waals surface area contributed by atoms with Crippen molar-refractivity contribution in [1.29, 1.82) is 0 Å². The van der Waals surface area contributed by atoms with E-state index in [4.69, 9.17) is 10.2 Å². The van der Waals surface area contributed by atoms with Crippen LogP contribution in [0.25, 0.3) is 0 Å². The van der Waals surface area contributed by atoms with E-state index >= 15 is 0 Å². The molecule has 0 amide bonds. The number of sulfone groups is 1. The van der Waals surface area contributed by atoms with E-state index in [1.54, 1.807) is 0 Å². The highest BCUT2D eigenvalue weighted by Crippen LogP contribution is 2.30. The van der Waals surface area contributed by atoms with Crippen molar-refractivity contribution in [2.75, 3.05) is 12.4 Å². The minimum absolute atomic E-state index is 0.499. The van der Waals surface area contributed by atoms with Gasteiger partial charge >= 0.3 is 6.18 Å². The Morgan fingerprint density at radius 3 is 2.39 bits per heavy atom. The van der Waals surface area contributed by atoms with E-state index in [-0.39, 0.29) is 0 Å². The molecule has 1 aromatic carbocycles. The largest absolute Gasteiger partial charge is 0.416 e. The van der Waals surface area contributed by atoms with Crippen LogP contribution >= 0.6 is 0 Å². The molecule has 0 unspecified atom stereocenters. The van der Waals surface area contributed by atoms with Gasteiger partial charge in [-0.05, 0) is 18.2 Å². The quantitative estimate of drug-likeness (QED) is 0.859. The van der Waals surface area contributed by atoms with Crippen molar-refractivity contribution >= 4 is 9.84 Å². The molecule has 1 rings (SSSR count). The Morgan fingerprint density at radius 2 is 1.89 bits per heavy atom. The molecule has 0 saturated heterocycles. The number of aliphatic hydroxyl groups excluding tert-OH is 2. The zero-order valence-corrected chi connectivity index (χ0v) is 9.87. The fourth-order valence-electron chi connectivity index (χ4n) is 1.27. The van der Waals surface area contributed by atoms with Gasteiger partial charge in [-0.2, -0.15) is 13.2 Å². The Hall–Kier alpha value is -1.12. The average molecular weight is 284 g/mol. The first-order chi connectivity index (χ1) is 8.16. The van der Waals surface area contributed by atoms with Crippen LogP contribution in [0.15, 0.2) is 29.2 Å². The Morgan fingerprint density at radius 1 is 1.28 bits per heavy atom. The predicted molar refractivity (Wildman–Crippen MR) is 56.6 cm³/mol. The summed E-state index contributed by atoms with van der Waals surface area (Å²) >= 11 is 0. The van der Waals surface area contributed by atoms with Crippen molar-refractivity contribution in [2.45, 2.75) is 17.2 Å². The first-order valence-electron chi connectivity index (χ1n) is 4.86. The van der Waals surface area contributed by atoms with Crippen molar-refractivity contribution in [3.8, 4) is 0 Å². The predicted octanol–water partition coefficient (Wildman–Crippen LogP) is 0.832. The van der Waals surface area contributed by atoms with Gasteiger partial charge in [0.1, 0.15) is 0 Å². The fourth-order valence-corrected chi connectivity index (χ4v) is 2.66. The van der Waals surface area contributed by atoms with Crippen LogP contribution in [0.5, 0.6) is 0 Å². The lowest BCUT2D eigenvalue weighted by atomic mass is 10.2. The topological polar surface area (TPSA) is 74.6 Å². The molecule has 0 saturated carbocycles. The number of hydrogen-bond acceptors (Lipinski definition) is 4. The average Bonchev–Trinajstić information content (AvgIpc) is 2.27. The van der Waals surface area contributed by atoms with Gasteiger partial charge in [-0.3, -0.25) is 0 Å². The van der Waals surface area contributed by atoms with Gasteiger partial charge in [-0.15, -0.1) is 0 Å². The van der Waals surface area contributed by atoms with Gasteiger partial charge in [0.15, 0.2) is 9.84 Å². The molecular formula is C10H11F3O4S. The lowest BCUT2D eigenvalue weighted by Crippen LogP contribution is -2.24. The molecule has 0 bridgehead atoms. The van der Waals surface area contributed by atoms with Crippen LogP contribution in [-0.2, 0) is 16.0 Å². The van der Waals surface area contributed by atoms with Gasteiger partial charge in [0.2, 0.25) is 0 Å². The molecule has 0 spiro atoms. The Balaban J connectivity index is 3.11. The van der Waals surface area contributed by atoms with Gasteiger partial charge in [-0.25, -0.2) is 8.42 Å². The van der Waals surface area contributed by atoms with E-state index in [1.807, 2.05) is 0 Å². The standard InChI is InChI=1S/C10H11F3O4S/c11-10(12,13)7-2-1-3-9(4-7)18(16,17)6-8(15)5-14/h1-4,8,14-15H,5-6H2/t8-/m1/s1. The molecule has 1 atom stereocenters. The molecule has 0 radical (unpaired) electrons. The van der Waals surface area contributed by atoms with Crippen LogP contribution in [0.2, 0.25) is 0 Å². The van der Waals surface area contributed by atoms with E-state index in [0.717, 1.165) is 18.2 Å². The number of hydrogen-bond donors (Lipinski definition) is 2. The third-order valence-corrected chi connectivity index (χ3v) is 3.94. The third kappa shape index (κ3) is 3.69. The lowest BCUT2D eigenvalue weighted by Gasteiger charge is -2.11. The molecule has 0 aliphatic rings. The summed E-state index contributed by atoms with van der Waals surface area (Å²) in [7, 11) is -4.06. The molecular weight excluding hydrogens is 273 g/mol. The molecule has 4 nitrogen and oxygen atoms in total. The first-order valence-corrected chi connectivity index (χ1v) is 6.51. The van der Waals surface area contributed by atoms with Crippen molar-refractivity contribution in [2.24, 2.45) is 0 Å². The van der Waals surface area contributed by atoms with Gasteiger partial charge in [0.25, 0.3) is 0 Å². The van der Waals surface area contributed by atoms with Crippen LogP contribution in [0.3, 0.4) is 0 Å². The molecule has 1 aromatic rings. The highest BCUT2D eigenvalue weighted by atomic mass is 32.2. The molecule has 0 heterocycles. The highest BCUT2D eigenvalue weighted by Gasteiger charge is 2.31. The van der Waals surface area contributed by atoms with Crippen molar-refractivity contribution in [3.05, 3.63) is 29.8 Å². The molecule has 0 aliphatic carbocycles. The van der Waals surface area contributed by atoms with E-state index in [2.05, 4.69) is 0 Å². The maximum atomic E-state index is 12.4. The monoisotopic (exact) mass is 284 g/mol. The van der Waals surface area contributed by atoms with E-state index < -0.39 is 44.9 Å². The maximum absolute atomic E-state index is 12.4. The number of alkyl halides is 3. The van der Waals surface area contributed by atoms with Crippen LogP contribution in [0.1, 0.15) is 5.56 Å². The second-order valence-electron chi connectivity index (χ2n) is 3.64. The summed E-state index contributed by atoms with van der Waals surface area (Å²) in [6, 6.07) is 3.23. The number of rotatable bonds is 4. The summed E-state index contributed by atoms with van der Waals surface area (Å²) < 4.78 is 60.5. The molecule has 8 heteroatoms. The van der Waals surface area contributed by atoms with E-state index in [0.29, 0.717) is 6.07 Å². The van der Waals surface area contributed by atoms with E-state index in [1.165, 1.54) is 0 Å². The highest BCUT2D eigenvalue weighted by molar-refractivity contribution is 7.91. The zero-order valence-electron chi connectivity index (χ0n) is 9.05. The minimum atomic E-state index is -4.64. The van der Waals surface area contributed by atoms with Gasteiger partial charge in [-0.1, -0.05) is 6.07 Å². The molecule has 18 heavy (non-hydrogen) atoms. The number of benzene rings is 1. The zero-order chi connectivity index (χ0) is 14.0. The normalized spacial score (nSPS) is 14.5. The van der Waals surface area contributed by atoms with Gasteiger partial charge < -0.3 is 10.2 Å². The summed E-state index contributed by atoms with van der Waals surface area (Å²) in [6.07, 6.45) is -6.16. The van der Waals surface area contributed by atoms with Crippen molar-refractivity contribution < 1.29 is 31.8 Å². The van der Waals surface area contributed by atoms with Gasteiger partial charge in [0, 0.05) is 0 Å². The third-order valence-electron chi connectivity index (χ3n) is 2.14.